The summed E-state index contributed by atoms with van der Waals surface area (Å²) in [6.45, 7) is 1.70. The summed E-state index contributed by atoms with van der Waals surface area (Å²) in [5.74, 6) is 0.976. The van der Waals surface area contributed by atoms with Gasteiger partial charge in [-0.15, -0.1) is 10.2 Å². The zero-order valence-electron chi connectivity index (χ0n) is 15.4. The van der Waals surface area contributed by atoms with Crippen LogP contribution < -0.4 is 10.2 Å². The monoisotopic (exact) mass is 356 g/mol. The lowest BCUT2D eigenvalue weighted by Crippen LogP contribution is -2.34. The second kappa shape index (κ2) is 8.96. The summed E-state index contributed by atoms with van der Waals surface area (Å²) in [4.78, 5) is 1.85. The molecule has 2 heterocycles. The Labute approximate surface area is 154 Å². The molecule has 1 aliphatic heterocycles. The van der Waals surface area contributed by atoms with E-state index in [-0.39, 0.29) is 12.4 Å². The number of hydrogen-bond acceptors (Lipinski definition) is 6. The lowest BCUT2D eigenvalue weighted by Gasteiger charge is -2.23. The van der Waals surface area contributed by atoms with Gasteiger partial charge in [-0.1, -0.05) is 6.42 Å². The van der Waals surface area contributed by atoms with E-state index in [4.69, 9.17) is 5.11 Å². The number of rotatable bonds is 7. The van der Waals surface area contributed by atoms with Gasteiger partial charge in [0, 0.05) is 25.2 Å². The first-order valence-corrected chi connectivity index (χ1v) is 9.38. The first kappa shape index (κ1) is 18.6. The molecule has 3 N–H and O–H groups in total. The Balaban J connectivity index is 1.70. The second-order valence-electron chi connectivity index (χ2n) is 7.00. The van der Waals surface area contributed by atoms with Crippen LogP contribution in [0.3, 0.4) is 0 Å². The molecule has 0 amide bonds. The van der Waals surface area contributed by atoms with Gasteiger partial charge >= 0.3 is 0 Å². The quantitative estimate of drug-likeness (QED) is 0.707. The Morgan fingerprint density at radius 2 is 2.08 bits per heavy atom. The predicted octanol–water partition coefficient (Wildman–Crippen LogP) is 2.35. The van der Waals surface area contributed by atoms with E-state index < -0.39 is 0 Å². The molecule has 0 aliphatic carbocycles. The second-order valence-corrected chi connectivity index (χ2v) is 7.00. The third-order valence-electron chi connectivity index (χ3n) is 4.94. The number of benzene rings is 1. The predicted molar refractivity (Wildman–Crippen MR) is 103 cm³/mol. The zero-order chi connectivity index (χ0) is 18.4. The Morgan fingerprint density at radius 3 is 2.77 bits per heavy atom. The smallest absolute Gasteiger partial charge is 0.151 e. The molecule has 6 heteroatoms. The summed E-state index contributed by atoms with van der Waals surface area (Å²) in [5, 5.41) is 31.2. The molecule has 0 unspecified atom stereocenters. The summed E-state index contributed by atoms with van der Waals surface area (Å²) in [6.07, 6.45) is 5.83. The summed E-state index contributed by atoms with van der Waals surface area (Å²) in [6, 6.07) is 10.0. The maximum Gasteiger partial charge on any atom is 0.151 e. The summed E-state index contributed by atoms with van der Waals surface area (Å²) in [5.41, 5.74) is 2.73. The molecule has 3 rings (SSSR count). The number of aryl methyl sites for hydroxylation is 1. The van der Waals surface area contributed by atoms with E-state index in [9.17, 15) is 5.11 Å². The van der Waals surface area contributed by atoms with Crippen molar-refractivity contribution in [2.75, 3.05) is 31.6 Å². The lowest BCUT2D eigenvalue weighted by molar-refractivity contribution is 0.303. The number of anilines is 1. The molecule has 1 fully saturated rings. The highest BCUT2D eigenvalue weighted by Gasteiger charge is 2.13. The van der Waals surface area contributed by atoms with Gasteiger partial charge in [0.25, 0.3) is 0 Å². The highest BCUT2D eigenvalue weighted by Crippen LogP contribution is 2.26. The van der Waals surface area contributed by atoms with Gasteiger partial charge < -0.3 is 20.4 Å². The summed E-state index contributed by atoms with van der Waals surface area (Å²) in [7, 11) is 1.87. The van der Waals surface area contributed by atoms with Crippen molar-refractivity contribution in [3.05, 3.63) is 35.9 Å². The maximum atomic E-state index is 10.1. The lowest BCUT2D eigenvalue weighted by atomic mass is 9.96. The van der Waals surface area contributed by atoms with Gasteiger partial charge in [-0.05, 0) is 68.1 Å². The van der Waals surface area contributed by atoms with E-state index in [1.807, 2.05) is 30.1 Å². The molecule has 1 aromatic carbocycles. The van der Waals surface area contributed by atoms with Crippen LogP contribution in [0.5, 0.6) is 5.75 Å². The standard InChI is InChI=1S/C20H28N4O2/c1-24(10-11-25)20-8-7-19(22-23-20)16-12-15(13-18(26)14-16)5-6-17-4-2-3-9-21-17/h7-8,12-14,17,21,25-26H,2-6,9-11H2,1H3/t17-/m0/s1. The minimum atomic E-state index is 0.0751. The number of likely N-dealkylation sites (N-methyl/N-ethyl adjacent to an activating group) is 1. The van der Waals surface area contributed by atoms with Gasteiger partial charge in [0.2, 0.25) is 0 Å². The molecule has 26 heavy (non-hydrogen) atoms. The molecule has 1 aliphatic rings. The van der Waals surface area contributed by atoms with Crippen LogP contribution in [0.25, 0.3) is 11.3 Å². The van der Waals surface area contributed by atoms with Gasteiger partial charge in [0.15, 0.2) is 5.82 Å². The van der Waals surface area contributed by atoms with E-state index in [1.54, 1.807) is 6.07 Å². The minimum absolute atomic E-state index is 0.0751. The summed E-state index contributed by atoms with van der Waals surface area (Å²) >= 11 is 0. The molecular weight excluding hydrogens is 328 g/mol. The molecule has 0 bridgehead atoms. The average molecular weight is 356 g/mol. The number of aromatic hydroxyl groups is 1. The highest BCUT2D eigenvalue weighted by molar-refractivity contribution is 5.63. The van der Waals surface area contributed by atoms with E-state index >= 15 is 0 Å². The molecule has 6 nitrogen and oxygen atoms in total. The fourth-order valence-electron chi connectivity index (χ4n) is 3.42. The van der Waals surface area contributed by atoms with Crippen LogP contribution in [0.4, 0.5) is 5.82 Å². The van der Waals surface area contributed by atoms with Crippen LogP contribution in [0.1, 0.15) is 31.2 Å². The summed E-state index contributed by atoms with van der Waals surface area (Å²) < 4.78 is 0. The third-order valence-corrected chi connectivity index (χ3v) is 4.94. The molecule has 0 spiro atoms. The minimum Gasteiger partial charge on any atom is -0.508 e. The van der Waals surface area contributed by atoms with Crippen molar-refractivity contribution in [2.24, 2.45) is 0 Å². The van der Waals surface area contributed by atoms with Gasteiger partial charge in [0.1, 0.15) is 5.75 Å². The van der Waals surface area contributed by atoms with E-state index in [2.05, 4.69) is 21.6 Å². The molecule has 2 aromatic rings. The number of phenolic OH excluding ortho intramolecular Hbond substituents is 1. The van der Waals surface area contributed by atoms with Crippen molar-refractivity contribution in [2.45, 2.75) is 38.1 Å². The molecule has 1 aromatic heterocycles. The number of aliphatic hydroxyl groups excluding tert-OH is 1. The molecule has 1 atom stereocenters. The van der Waals surface area contributed by atoms with Crippen LogP contribution in [0, 0.1) is 0 Å². The number of phenols is 1. The normalized spacial score (nSPS) is 17.2. The van der Waals surface area contributed by atoms with Crippen molar-refractivity contribution in [3.8, 4) is 17.0 Å². The Morgan fingerprint density at radius 1 is 1.19 bits per heavy atom. The van der Waals surface area contributed by atoms with Gasteiger partial charge in [-0.25, -0.2) is 0 Å². The number of aliphatic hydroxyl groups is 1. The number of hydrogen-bond donors (Lipinski definition) is 3. The molecule has 1 saturated heterocycles. The van der Waals surface area contributed by atoms with Gasteiger partial charge in [-0.2, -0.15) is 0 Å². The van der Waals surface area contributed by atoms with Crippen LogP contribution in [-0.4, -0.2) is 53.2 Å². The van der Waals surface area contributed by atoms with Crippen LogP contribution in [-0.2, 0) is 6.42 Å². The Kier molecular flexibility index (Phi) is 6.41. The fourth-order valence-corrected chi connectivity index (χ4v) is 3.42. The first-order valence-electron chi connectivity index (χ1n) is 9.38. The maximum absolute atomic E-state index is 10.1. The van der Waals surface area contributed by atoms with Crippen molar-refractivity contribution >= 4 is 5.82 Å². The zero-order valence-corrected chi connectivity index (χ0v) is 15.4. The fraction of sp³-hybridized carbons (Fsp3) is 0.500. The third kappa shape index (κ3) is 4.93. The molecule has 0 saturated carbocycles. The van der Waals surface area contributed by atoms with E-state index in [0.717, 1.165) is 36.2 Å². The molecular formula is C20H28N4O2. The van der Waals surface area contributed by atoms with E-state index in [1.165, 1.54) is 19.3 Å². The largest absolute Gasteiger partial charge is 0.508 e. The number of nitrogens with zero attached hydrogens (tertiary/aromatic N) is 3. The number of aromatic nitrogens is 2. The first-order chi connectivity index (χ1) is 12.7. The Bertz CT molecular complexity index is 699. The highest BCUT2D eigenvalue weighted by atomic mass is 16.3. The van der Waals surface area contributed by atoms with Gasteiger partial charge in [-0.3, -0.25) is 0 Å². The molecule has 0 radical (unpaired) electrons. The average Bonchev–Trinajstić information content (AvgIpc) is 2.67. The van der Waals surface area contributed by atoms with Crippen LogP contribution in [0.2, 0.25) is 0 Å². The van der Waals surface area contributed by atoms with Crippen LogP contribution >= 0.6 is 0 Å². The van der Waals surface area contributed by atoms with E-state index in [0.29, 0.717) is 18.4 Å². The van der Waals surface area contributed by atoms with Crippen molar-refractivity contribution < 1.29 is 10.2 Å². The SMILES string of the molecule is CN(CCO)c1ccc(-c2cc(O)cc(CC[C@@H]3CCCCN3)c2)nn1. The molecule has 140 valence electrons. The van der Waals surface area contributed by atoms with Crippen molar-refractivity contribution in [1.29, 1.82) is 0 Å². The van der Waals surface area contributed by atoms with Crippen LogP contribution in [0.15, 0.2) is 30.3 Å². The topological polar surface area (TPSA) is 81.5 Å². The number of nitrogens with one attached hydrogen (secondary N) is 1. The van der Waals surface area contributed by atoms with Crippen molar-refractivity contribution in [3.63, 3.8) is 0 Å². The van der Waals surface area contributed by atoms with Gasteiger partial charge in [0.05, 0.1) is 12.3 Å². The Hall–Kier alpha value is -2.18. The van der Waals surface area contributed by atoms with Crippen molar-refractivity contribution in [1.82, 2.24) is 15.5 Å². The number of piperidine rings is 1.